The normalized spacial score (nSPS) is 32.0. The third kappa shape index (κ3) is 3.16. The molecule has 190 valence electrons. The first-order valence-corrected chi connectivity index (χ1v) is 13.6. The van der Waals surface area contributed by atoms with E-state index in [0.717, 1.165) is 38.3 Å². The van der Waals surface area contributed by atoms with Gasteiger partial charge in [-0.25, -0.2) is 0 Å². The molecule has 2 aliphatic carbocycles. The SMILES string of the molecule is O=C1[C@@H]2[C@H]3C[C@@H]([C@H]4Sc5[nH]c(=O)sc5[C@H](c5ccccc5O)[C@@H]34)[C@H]2C(=O)N1c1cccc(C(F)(F)F)c1. The Morgan fingerprint density at radius 3 is 2.43 bits per heavy atom. The number of halogens is 3. The highest BCUT2D eigenvalue weighted by atomic mass is 32.2. The molecule has 1 aromatic heterocycles. The van der Waals surface area contributed by atoms with Crippen LogP contribution in [0, 0.1) is 29.6 Å². The van der Waals surface area contributed by atoms with Crippen molar-refractivity contribution in [3.8, 4) is 5.75 Å². The predicted octanol–water partition coefficient (Wildman–Crippen LogP) is 4.84. The number of aromatic nitrogens is 1. The van der Waals surface area contributed by atoms with Gasteiger partial charge >= 0.3 is 11.0 Å². The summed E-state index contributed by atoms with van der Waals surface area (Å²) in [5, 5.41) is 11.4. The van der Waals surface area contributed by atoms with Crippen LogP contribution in [0.1, 0.15) is 28.3 Å². The number of H-pyrrole nitrogens is 1. The van der Waals surface area contributed by atoms with Gasteiger partial charge in [0.15, 0.2) is 0 Å². The van der Waals surface area contributed by atoms with Crippen molar-refractivity contribution in [2.75, 3.05) is 4.90 Å². The number of anilines is 1. The number of carbonyl (C=O) groups is 2. The maximum Gasteiger partial charge on any atom is 0.416 e. The van der Waals surface area contributed by atoms with Crippen LogP contribution in [-0.2, 0) is 15.8 Å². The molecule has 37 heavy (non-hydrogen) atoms. The molecule has 0 radical (unpaired) electrons. The van der Waals surface area contributed by atoms with Crippen LogP contribution in [0.5, 0.6) is 5.75 Å². The van der Waals surface area contributed by atoms with Crippen LogP contribution in [0.15, 0.2) is 58.4 Å². The number of thioether (sulfide) groups is 1. The lowest BCUT2D eigenvalue weighted by Crippen LogP contribution is -2.42. The number of para-hydroxylation sites is 1. The predicted molar refractivity (Wildman–Crippen MR) is 131 cm³/mol. The van der Waals surface area contributed by atoms with Gasteiger partial charge in [0, 0.05) is 21.6 Å². The minimum absolute atomic E-state index is 0.0602. The number of nitrogens with one attached hydrogen (secondary N) is 1. The Kier molecular flexibility index (Phi) is 4.83. The number of alkyl halides is 3. The topological polar surface area (TPSA) is 90.5 Å². The molecule has 6 nitrogen and oxygen atoms in total. The second-order valence-corrected chi connectivity index (χ2v) is 12.3. The summed E-state index contributed by atoms with van der Waals surface area (Å²) in [7, 11) is 0. The number of aromatic amines is 1. The van der Waals surface area contributed by atoms with E-state index in [4.69, 9.17) is 0 Å². The molecule has 2 saturated carbocycles. The van der Waals surface area contributed by atoms with Gasteiger partial charge in [0.05, 0.1) is 28.1 Å². The number of aromatic hydroxyl groups is 1. The second-order valence-electron chi connectivity index (χ2n) is 10.1. The van der Waals surface area contributed by atoms with Crippen molar-refractivity contribution < 1.29 is 27.9 Å². The minimum atomic E-state index is -4.60. The molecule has 11 heteroatoms. The van der Waals surface area contributed by atoms with Gasteiger partial charge in [0.2, 0.25) is 11.8 Å². The molecule has 0 spiro atoms. The molecule has 2 aromatic carbocycles. The number of phenols is 1. The smallest absolute Gasteiger partial charge is 0.416 e. The van der Waals surface area contributed by atoms with E-state index >= 15 is 0 Å². The lowest BCUT2D eigenvalue weighted by molar-refractivity contribution is -0.137. The number of phenolic OH excluding ortho intramolecular Hbond substituents is 1. The molecule has 7 atom stereocenters. The quantitative estimate of drug-likeness (QED) is 0.451. The van der Waals surface area contributed by atoms with Gasteiger partial charge in [-0.15, -0.1) is 11.8 Å². The summed E-state index contributed by atoms with van der Waals surface area (Å²) >= 11 is 2.61. The van der Waals surface area contributed by atoms with Crippen molar-refractivity contribution in [3.05, 3.63) is 74.2 Å². The van der Waals surface area contributed by atoms with E-state index in [1.165, 1.54) is 23.9 Å². The molecule has 7 rings (SSSR count). The first-order chi connectivity index (χ1) is 17.6. The molecule has 2 bridgehead atoms. The summed E-state index contributed by atoms with van der Waals surface area (Å²) < 4.78 is 40.0. The van der Waals surface area contributed by atoms with E-state index in [1.807, 2.05) is 12.1 Å². The van der Waals surface area contributed by atoms with E-state index < -0.39 is 35.4 Å². The number of fused-ring (bicyclic) bond motifs is 9. The Bertz CT molecular complexity index is 1530. The van der Waals surface area contributed by atoms with Crippen LogP contribution < -0.4 is 9.77 Å². The number of carbonyl (C=O) groups excluding carboxylic acids is 2. The highest BCUT2D eigenvalue weighted by molar-refractivity contribution is 8.00. The zero-order valence-corrected chi connectivity index (χ0v) is 20.6. The molecule has 3 aromatic rings. The van der Waals surface area contributed by atoms with E-state index in [2.05, 4.69) is 4.98 Å². The van der Waals surface area contributed by atoms with Gasteiger partial charge in [-0.2, -0.15) is 13.2 Å². The highest BCUT2D eigenvalue weighted by Crippen LogP contribution is 2.69. The summed E-state index contributed by atoms with van der Waals surface area (Å²) in [4.78, 5) is 44.1. The monoisotopic (exact) mass is 544 g/mol. The van der Waals surface area contributed by atoms with Gasteiger partial charge in [-0.05, 0) is 48.4 Å². The molecule has 2 aliphatic heterocycles. The van der Waals surface area contributed by atoms with E-state index in [-0.39, 0.29) is 45.2 Å². The third-order valence-electron chi connectivity index (χ3n) is 8.43. The van der Waals surface area contributed by atoms with Crippen molar-refractivity contribution in [1.82, 2.24) is 4.98 Å². The molecule has 1 saturated heterocycles. The van der Waals surface area contributed by atoms with Gasteiger partial charge in [-0.1, -0.05) is 35.6 Å². The maximum atomic E-state index is 13.7. The number of imide groups is 1. The summed E-state index contributed by atoms with van der Waals surface area (Å²) in [5.41, 5.74) is -0.303. The van der Waals surface area contributed by atoms with Crippen molar-refractivity contribution in [1.29, 1.82) is 0 Å². The molecule has 3 fully saturated rings. The van der Waals surface area contributed by atoms with Gasteiger partial charge in [0.25, 0.3) is 0 Å². The van der Waals surface area contributed by atoms with E-state index in [9.17, 15) is 32.7 Å². The zero-order chi connectivity index (χ0) is 25.8. The van der Waals surface area contributed by atoms with Crippen LogP contribution in [0.2, 0.25) is 0 Å². The Hall–Kier alpha value is -3.05. The Morgan fingerprint density at radius 1 is 0.973 bits per heavy atom. The van der Waals surface area contributed by atoms with Crippen molar-refractivity contribution in [2.45, 2.75) is 28.8 Å². The lowest BCUT2D eigenvalue weighted by Gasteiger charge is -2.43. The van der Waals surface area contributed by atoms with E-state index in [0.29, 0.717) is 12.0 Å². The fourth-order valence-corrected chi connectivity index (χ4v) is 10.1. The second kappa shape index (κ2) is 7.73. The van der Waals surface area contributed by atoms with Crippen LogP contribution >= 0.6 is 23.1 Å². The average Bonchev–Trinajstić information content (AvgIpc) is 3.58. The molecule has 2 amide bonds. The largest absolute Gasteiger partial charge is 0.508 e. The number of amides is 2. The number of nitrogens with zero attached hydrogens (tertiary/aromatic N) is 1. The Balaban J connectivity index is 1.31. The standard InChI is InChI=1S/C26H19F3N2O4S2/c27-26(28,29)10-4-3-5-11(8-10)31-23(33)18-13-9-14(19(18)24(31)34)20-17(13)16(12-6-1-2-7-15(12)32)21-22(36-20)30-25(35)37-21/h1-8,13-14,16-20,32H,9H2,(H,30,35)/t13-,14+,16+,17+,18+,19+,20+/m0/s1. The number of hydrogen-bond donors (Lipinski definition) is 2. The molecular weight excluding hydrogens is 525 g/mol. The van der Waals surface area contributed by atoms with Crippen LogP contribution in [0.25, 0.3) is 0 Å². The van der Waals surface area contributed by atoms with Gasteiger partial charge < -0.3 is 10.1 Å². The number of benzene rings is 2. The van der Waals surface area contributed by atoms with Crippen molar-refractivity contribution in [2.24, 2.45) is 29.6 Å². The van der Waals surface area contributed by atoms with Crippen LogP contribution in [-0.4, -0.2) is 27.2 Å². The molecular formula is C26H19F3N2O4S2. The van der Waals surface area contributed by atoms with Crippen LogP contribution in [0.4, 0.5) is 18.9 Å². The van der Waals surface area contributed by atoms with Crippen molar-refractivity contribution >= 4 is 40.6 Å². The first-order valence-electron chi connectivity index (χ1n) is 11.9. The minimum Gasteiger partial charge on any atom is -0.508 e. The van der Waals surface area contributed by atoms with Crippen LogP contribution in [0.3, 0.4) is 0 Å². The average molecular weight is 545 g/mol. The molecule has 0 unspecified atom stereocenters. The maximum absolute atomic E-state index is 13.7. The Labute approximate surface area is 216 Å². The summed E-state index contributed by atoms with van der Waals surface area (Å²) in [6, 6.07) is 11.3. The summed E-state index contributed by atoms with van der Waals surface area (Å²) in [5.74, 6) is -2.87. The fourth-order valence-electron chi connectivity index (χ4n) is 7.19. The molecule has 2 N–H and O–H groups in total. The zero-order valence-electron chi connectivity index (χ0n) is 18.9. The van der Waals surface area contributed by atoms with Gasteiger partial charge in [0.1, 0.15) is 5.75 Å². The molecule has 4 aliphatic rings. The number of rotatable bonds is 2. The number of thiazole rings is 1. The Morgan fingerprint density at radius 2 is 1.70 bits per heavy atom. The molecule has 3 heterocycles. The highest BCUT2D eigenvalue weighted by Gasteiger charge is 2.69. The van der Waals surface area contributed by atoms with Crippen molar-refractivity contribution in [3.63, 3.8) is 0 Å². The fraction of sp³-hybridized carbons (Fsp3) is 0.346. The third-order valence-corrected chi connectivity index (χ3v) is 11.0. The van der Waals surface area contributed by atoms with Gasteiger partial charge in [-0.3, -0.25) is 19.3 Å². The van der Waals surface area contributed by atoms with E-state index in [1.54, 1.807) is 12.1 Å². The summed E-state index contributed by atoms with van der Waals surface area (Å²) in [6.07, 6.45) is -3.95. The number of hydrogen-bond acceptors (Lipinski definition) is 6. The first kappa shape index (κ1) is 23.1. The summed E-state index contributed by atoms with van der Waals surface area (Å²) in [6.45, 7) is 0. The lowest BCUT2D eigenvalue weighted by atomic mass is 9.68.